The molecule has 37 heavy (non-hydrogen) atoms. The summed E-state index contributed by atoms with van der Waals surface area (Å²) in [6, 6.07) is 15.4. The minimum Gasteiger partial charge on any atom is -0.493 e. The molecule has 0 saturated carbocycles. The van der Waals surface area contributed by atoms with Crippen LogP contribution in [0.1, 0.15) is 27.0 Å². The number of ether oxygens (including phenoxy) is 2. The molecule has 3 aromatic rings. The molecular formula is C26H19Cl3N2O4S2. The zero-order valence-corrected chi connectivity index (χ0v) is 23.4. The van der Waals surface area contributed by atoms with E-state index in [-0.39, 0.29) is 21.5 Å². The van der Waals surface area contributed by atoms with Gasteiger partial charge in [0.25, 0.3) is 11.8 Å². The summed E-state index contributed by atoms with van der Waals surface area (Å²) in [5.74, 6) is -0.151. The van der Waals surface area contributed by atoms with E-state index in [0.717, 1.165) is 27.9 Å². The molecule has 1 N–H and O–H groups in total. The monoisotopic (exact) mass is 592 g/mol. The number of hydrazine groups is 1. The Morgan fingerprint density at radius 3 is 2.59 bits per heavy atom. The summed E-state index contributed by atoms with van der Waals surface area (Å²) in [5, 5.41) is 2.29. The van der Waals surface area contributed by atoms with E-state index in [1.807, 2.05) is 6.92 Å². The third-order valence-electron chi connectivity index (χ3n) is 5.28. The summed E-state index contributed by atoms with van der Waals surface area (Å²) in [6.45, 7) is 2.01. The Bertz CT molecular complexity index is 1450. The molecule has 0 radical (unpaired) electrons. The van der Waals surface area contributed by atoms with E-state index in [4.69, 9.17) is 56.5 Å². The summed E-state index contributed by atoms with van der Waals surface area (Å²) >= 11 is 24.9. The van der Waals surface area contributed by atoms with Gasteiger partial charge in [0.15, 0.2) is 15.8 Å². The summed E-state index contributed by atoms with van der Waals surface area (Å²) in [4.78, 5) is 26.2. The van der Waals surface area contributed by atoms with Crippen LogP contribution in [0, 0.1) is 6.92 Å². The number of benzene rings is 3. The Labute approximate surface area is 238 Å². The highest BCUT2D eigenvalue weighted by Gasteiger charge is 2.34. The number of thiocarbonyl (C=S) groups is 1. The average Bonchev–Trinajstić information content (AvgIpc) is 3.11. The molecule has 0 atom stereocenters. The van der Waals surface area contributed by atoms with Crippen molar-refractivity contribution in [2.75, 3.05) is 7.11 Å². The van der Waals surface area contributed by atoms with Gasteiger partial charge in [0.1, 0.15) is 6.61 Å². The van der Waals surface area contributed by atoms with E-state index >= 15 is 0 Å². The van der Waals surface area contributed by atoms with Crippen LogP contribution < -0.4 is 14.9 Å². The first-order chi connectivity index (χ1) is 17.7. The van der Waals surface area contributed by atoms with Gasteiger partial charge in [0, 0.05) is 21.2 Å². The number of nitrogens with zero attached hydrogens (tertiary/aromatic N) is 1. The van der Waals surface area contributed by atoms with Crippen LogP contribution in [0.4, 0.5) is 0 Å². The molecule has 3 aromatic carbocycles. The van der Waals surface area contributed by atoms with Crippen LogP contribution in [0.25, 0.3) is 6.08 Å². The Kier molecular flexibility index (Phi) is 8.67. The molecule has 0 aromatic heterocycles. The number of amides is 2. The normalized spacial score (nSPS) is 14.3. The van der Waals surface area contributed by atoms with Crippen molar-refractivity contribution in [2.45, 2.75) is 13.5 Å². The molecule has 0 spiro atoms. The lowest BCUT2D eigenvalue weighted by Gasteiger charge is -2.16. The number of para-hydroxylation sites is 1. The van der Waals surface area contributed by atoms with Gasteiger partial charge in [-0.2, -0.15) is 5.01 Å². The predicted octanol–water partition coefficient (Wildman–Crippen LogP) is 7.09. The third-order valence-corrected chi connectivity index (χ3v) is 7.48. The van der Waals surface area contributed by atoms with Gasteiger partial charge in [0.05, 0.1) is 22.6 Å². The minimum absolute atomic E-state index is 0.144. The standard InChI is InChI=1S/C26H19Cl3N2O4S2/c1-14-6-9-18(20(29)10-14)24(32)30-31-25(33)22(37-26(31)36)11-15-4-3-5-21(34-2)23(15)35-13-16-7-8-17(27)12-19(16)28/h3-12H,13H2,1-2H3,(H,30,32)/b22-11+. The third kappa shape index (κ3) is 6.22. The van der Waals surface area contributed by atoms with Crippen LogP contribution in [-0.2, 0) is 11.4 Å². The number of methoxy groups -OCH3 is 1. The SMILES string of the molecule is COc1cccc(/C=C2/SC(=S)N(NC(=O)c3ccc(C)cc3Cl)C2=O)c1OCc1ccc(Cl)cc1Cl. The summed E-state index contributed by atoms with van der Waals surface area (Å²) in [6.07, 6.45) is 1.63. The van der Waals surface area contributed by atoms with Crippen LogP contribution >= 0.6 is 58.8 Å². The number of hydrogen-bond acceptors (Lipinski definition) is 6. The molecule has 1 saturated heterocycles. The van der Waals surface area contributed by atoms with Crippen LogP contribution in [-0.4, -0.2) is 28.3 Å². The van der Waals surface area contributed by atoms with Gasteiger partial charge in [-0.05, 0) is 61.1 Å². The highest BCUT2D eigenvalue weighted by atomic mass is 35.5. The van der Waals surface area contributed by atoms with Crippen molar-refractivity contribution >= 4 is 81.0 Å². The van der Waals surface area contributed by atoms with Crippen LogP contribution in [0.3, 0.4) is 0 Å². The second-order valence-corrected chi connectivity index (χ2v) is 10.8. The molecule has 1 heterocycles. The van der Waals surface area contributed by atoms with Crippen LogP contribution in [0.15, 0.2) is 59.5 Å². The van der Waals surface area contributed by atoms with Crippen LogP contribution in [0.2, 0.25) is 15.1 Å². The Morgan fingerprint density at radius 1 is 1.11 bits per heavy atom. The van der Waals surface area contributed by atoms with E-state index in [1.165, 1.54) is 7.11 Å². The highest BCUT2D eigenvalue weighted by molar-refractivity contribution is 8.26. The van der Waals surface area contributed by atoms with E-state index in [1.54, 1.807) is 60.7 Å². The summed E-state index contributed by atoms with van der Waals surface area (Å²) in [7, 11) is 1.52. The van der Waals surface area contributed by atoms with Gasteiger partial charge >= 0.3 is 0 Å². The second kappa shape index (κ2) is 11.8. The Balaban J connectivity index is 1.57. The molecule has 0 aliphatic carbocycles. The largest absolute Gasteiger partial charge is 0.493 e. The fourth-order valence-electron chi connectivity index (χ4n) is 3.42. The number of carbonyl (C=O) groups is 2. The Hall–Kier alpha value is -2.75. The number of hydrogen-bond donors (Lipinski definition) is 1. The molecule has 1 aliphatic heterocycles. The van der Waals surface area contributed by atoms with Gasteiger partial charge in [0.2, 0.25) is 0 Å². The highest BCUT2D eigenvalue weighted by Crippen LogP contribution is 2.38. The fourth-order valence-corrected chi connectivity index (χ4v) is 5.38. The smallest absolute Gasteiger partial charge is 0.285 e. The van der Waals surface area contributed by atoms with E-state index in [0.29, 0.717) is 32.0 Å². The van der Waals surface area contributed by atoms with Crippen molar-refractivity contribution in [3.63, 3.8) is 0 Å². The first-order valence-corrected chi connectivity index (χ1v) is 13.1. The van der Waals surface area contributed by atoms with Gasteiger partial charge in [-0.3, -0.25) is 15.0 Å². The lowest BCUT2D eigenvalue weighted by molar-refractivity contribution is -0.123. The molecule has 1 aliphatic rings. The first kappa shape index (κ1) is 27.3. The Morgan fingerprint density at radius 2 is 1.89 bits per heavy atom. The van der Waals surface area contributed by atoms with Crippen molar-refractivity contribution in [3.05, 3.63) is 96.8 Å². The predicted molar refractivity (Wildman–Crippen MR) is 152 cm³/mol. The molecule has 190 valence electrons. The fraction of sp³-hybridized carbons (Fsp3) is 0.115. The van der Waals surface area contributed by atoms with Crippen molar-refractivity contribution in [2.24, 2.45) is 0 Å². The molecule has 0 bridgehead atoms. The van der Waals surface area contributed by atoms with Crippen molar-refractivity contribution < 1.29 is 19.1 Å². The number of aryl methyl sites for hydroxylation is 1. The number of carbonyl (C=O) groups excluding carboxylic acids is 2. The zero-order valence-electron chi connectivity index (χ0n) is 19.5. The van der Waals surface area contributed by atoms with Crippen molar-refractivity contribution in [1.82, 2.24) is 10.4 Å². The van der Waals surface area contributed by atoms with E-state index in [2.05, 4.69) is 5.43 Å². The molecule has 0 unspecified atom stereocenters. The maximum Gasteiger partial charge on any atom is 0.285 e. The van der Waals surface area contributed by atoms with Gasteiger partial charge < -0.3 is 9.47 Å². The molecule has 2 amide bonds. The molecule has 6 nitrogen and oxygen atoms in total. The van der Waals surface area contributed by atoms with Crippen molar-refractivity contribution in [3.8, 4) is 11.5 Å². The molecular weight excluding hydrogens is 575 g/mol. The molecule has 4 rings (SSSR count). The van der Waals surface area contributed by atoms with Gasteiger partial charge in [-0.15, -0.1) is 0 Å². The molecule has 1 fully saturated rings. The number of rotatable bonds is 7. The lowest BCUT2D eigenvalue weighted by Crippen LogP contribution is -2.44. The first-order valence-electron chi connectivity index (χ1n) is 10.8. The average molecular weight is 594 g/mol. The summed E-state index contributed by atoms with van der Waals surface area (Å²) in [5.41, 5.74) is 4.99. The maximum absolute atomic E-state index is 13.1. The van der Waals surface area contributed by atoms with Crippen LogP contribution in [0.5, 0.6) is 11.5 Å². The zero-order chi connectivity index (χ0) is 26.7. The van der Waals surface area contributed by atoms with Crippen molar-refractivity contribution in [1.29, 1.82) is 0 Å². The summed E-state index contributed by atoms with van der Waals surface area (Å²) < 4.78 is 11.7. The number of nitrogens with one attached hydrogen (secondary N) is 1. The molecule has 11 heteroatoms. The minimum atomic E-state index is -0.548. The second-order valence-electron chi connectivity index (χ2n) is 7.84. The van der Waals surface area contributed by atoms with E-state index in [9.17, 15) is 9.59 Å². The van der Waals surface area contributed by atoms with Gasteiger partial charge in [-0.25, -0.2) is 0 Å². The number of thioether (sulfide) groups is 1. The van der Waals surface area contributed by atoms with E-state index < -0.39 is 11.8 Å². The quantitative estimate of drug-likeness (QED) is 0.233. The van der Waals surface area contributed by atoms with Gasteiger partial charge in [-0.1, -0.05) is 70.8 Å². The number of halogens is 3. The topological polar surface area (TPSA) is 67.9 Å². The maximum atomic E-state index is 13.1. The lowest BCUT2D eigenvalue weighted by atomic mass is 10.1.